The largest absolute Gasteiger partial charge is 0.387 e. The second-order valence-electron chi connectivity index (χ2n) is 6.11. The van der Waals surface area contributed by atoms with Crippen molar-refractivity contribution in [1.29, 1.82) is 0 Å². The van der Waals surface area contributed by atoms with Gasteiger partial charge in [-0.05, 0) is 30.5 Å². The number of hydrogen-bond donors (Lipinski definition) is 2. The average Bonchev–Trinajstić information content (AvgIpc) is 2.93. The summed E-state index contributed by atoms with van der Waals surface area (Å²) >= 11 is 1.65. The van der Waals surface area contributed by atoms with Gasteiger partial charge in [0.2, 0.25) is 0 Å². The van der Waals surface area contributed by atoms with E-state index in [9.17, 15) is 13.9 Å². The first-order valence-electron chi connectivity index (χ1n) is 7.66. The van der Waals surface area contributed by atoms with Crippen molar-refractivity contribution in [3.63, 3.8) is 0 Å². The molecule has 2 rings (SSSR count). The fourth-order valence-electron chi connectivity index (χ4n) is 2.23. The SMILES string of the molecule is CC(C)Cc1ncc(CNC(C)C(O)c2ccc(F)c(F)c2)s1. The van der Waals surface area contributed by atoms with Gasteiger partial charge in [-0.15, -0.1) is 11.3 Å². The zero-order chi connectivity index (χ0) is 17.0. The summed E-state index contributed by atoms with van der Waals surface area (Å²) in [5, 5.41) is 14.5. The van der Waals surface area contributed by atoms with Crippen LogP contribution in [-0.2, 0) is 13.0 Å². The first-order valence-corrected chi connectivity index (χ1v) is 8.48. The Labute approximate surface area is 139 Å². The van der Waals surface area contributed by atoms with E-state index in [0.29, 0.717) is 18.0 Å². The number of aliphatic hydroxyl groups is 1. The van der Waals surface area contributed by atoms with Crippen LogP contribution in [-0.4, -0.2) is 16.1 Å². The van der Waals surface area contributed by atoms with Crippen molar-refractivity contribution in [2.75, 3.05) is 0 Å². The molecule has 0 bridgehead atoms. The third-order valence-corrected chi connectivity index (χ3v) is 4.56. The van der Waals surface area contributed by atoms with E-state index in [4.69, 9.17) is 0 Å². The van der Waals surface area contributed by atoms with Gasteiger partial charge in [-0.2, -0.15) is 0 Å². The van der Waals surface area contributed by atoms with Gasteiger partial charge in [-0.1, -0.05) is 19.9 Å². The molecule has 2 N–H and O–H groups in total. The second kappa shape index (κ2) is 7.95. The molecule has 126 valence electrons. The number of halogens is 2. The fraction of sp³-hybridized carbons (Fsp3) is 0.471. The van der Waals surface area contributed by atoms with E-state index in [2.05, 4.69) is 24.1 Å². The summed E-state index contributed by atoms with van der Waals surface area (Å²) in [5.74, 6) is -1.30. The summed E-state index contributed by atoms with van der Waals surface area (Å²) in [6, 6.07) is 3.16. The van der Waals surface area contributed by atoms with Gasteiger partial charge in [0.05, 0.1) is 11.1 Å². The highest BCUT2D eigenvalue weighted by molar-refractivity contribution is 7.11. The molecule has 0 saturated carbocycles. The van der Waals surface area contributed by atoms with Crippen LogP contribution < -0.4 is 5.32 Å². The number of aliphatic hydroxyl groups excluding tert-OH is 1. The van der Waals surface area contributed by atoms with Crippen LogP contribution in [0.15, 0.2) is 24.4 Å². The highest BCUT2D eigenvalue weighted by atomic mass is 32.1. The Morgan fingerprint density at radius 2 is 1.96 bits per heavy atom. The third kappa shape index (κ3) is 5.06. The number of nitrogens with zero attached hydrogens (tertiary/aromatic N) is 1. The summed E-state index contributed by atoms with van der Waals surface area (Å²) < 4.78 is 26.2. The smallest absolute Gasteiger partial charge is 0.159 e. The highest BCUT2D eigenvalue weighted by Crippen LogP contribution is 2.21. The molecule has 2 unspecified atom stereocenters. The molecule has 0 amide bonds. The van der Waals surface area contributed by atoms with E-state index in [0.717, 1.165) is 28.4 Å². The zero-order valence-electron chi connectivity index (χ0n) is 13.5. The van der Waals surface area contributed by atoms with Crippen molar-refractivity contribution in [2.24, 2.45) is 5.92 Å². The number of benzene rings is 1. The van der Waals surface area contributed by atoms with Crippen LogP contribution in [0, 0.1) is 17.6 Å². The maximum Gasteiger partial charge on any atom is 0.159 e. The summed E-state index contributed by atoms with van der Waals surface area (Å²) in [5.41, 5.74) is 0.355. The predicted octanol–water partition coefficient (Wildman–Crippen LogP) is 3.83. The van der Waals surface area contributed by atoms with E-state index in [1.807, 2.05) is 13.1 Å². The lowest BCUT2D eigenvalue weighted by Crippen LogP contribution is -2.31. The lowest BCUT2D eigenvalue weighted by molar-refractivity contribution is 0.135. The van der Waals surface area contributed by atoms with Crippen LogP contribution in [0.2, 0.25) is 0 Å². The monoisotopic (exact) mass is 340 g/mol. The van der Waals surface area contributed by atoms with E-state index in [1.54, 1.807) is 11.3 Å². The Bertz CT molecular complexity index is 645. The molecular weight excluding hydrogens is 318 g/mol. The molecule has 6 heteroatoms. The Balaban J connectivity index is 1.91. The molecule has 1 aromatic carbocycles. The van der Waals surface area contributed by atoms with Crippen molar-refractivity contribution >= 4 is 11.3 Å². The molecule has 0 saturated heterocycles. The average molecular weight is 340 g/mol. The lowest BCUT2D eigenvalue weighted by Gasteiger charge is -2.20. The summed E-state index contributed by atoms with van der Waals surface area (Å²) in [6.45, 7) is 6.69. The molecule has 1 aromatic heterocycles. The van der Waals surface area contributed by atoms with Crippen molar-refractivity contribution in [2.45, 2.75) is 45.9 Å². The standard InChI is InChI=1S/C17H22F2N2OS/c1-10(2)6-16-21-9-13(23-16)8-20-11(3)17(22)12-4-5-14(18)15(19)7-12/h4-5,7,9-11,17,20,22H,6,8H2,1-3H3. The number of hydrogen-bond acceptors (Lipinski definition) is 4. The molecule has 0 aliphatic heterocycles. The van der Waals surface area contributed by atoms with Gasteiger partial charge < -0.3 is 10.4 Å². The molecule has 2 aromatic rings. The number of aromatic nitrogens is 1. The minimum atomic E-state index is -0.950. The normalized spacial score (nSPS) is 14.2. The molecule has 0 aliphatic carbocycles. The molecule has 0 spiro atoms. The Morgan fingerprint density at radius 1 is 1.22 bits per heavy atom. The van der Waals surface area contributed by atoms with Crippen LogP contribution in [0.25, 0.3) is 0 Å². The van der Waals surface area contributed by atoms with Gasteiger partial charge in [0.15, 0.2) is 11.6 Å². The Morgan fingerprint density at radius 3 is 2.61 bits per heavy atom. The number of thiazole rings is 1. The summed E-state index contributed by atoms with van der Waals surface area (Å²) in [7, 11) is 0. The van der Waals surface area contributed by atoms with Crippen molar-refractivity contribution in [1.82, 2.24) is 10.3 Å². The molecular formula is C17H22F2N2OS. The van der Waals surface area contributed by atoms with E-state index in [1.165, 1.54) is 6.07 Å². The van der Waals surface area contributed by atoms with Gasteiger partial charge in [-0.25, -0.2) is 13.8 Å². The van der Waals surface area contributed by atoms with Crippen LogP contribution in [0.4, 0.5) is 8.78 Å². The van der Waals surface area contributed by atoms with Crippen LogP contribution in [0.1, 0.15) is 42.3 Å². The first kappa shape index (κ1) is 18.0. The highest BCUT2D eigenvalue weighted by Gasteiger charge is 2.18. The molecule has 3 nitrogen and oxygen atoms in total. The molecule has 0 aliphatic rings. The second-order valence-corrected chi connectivity index (χ2v) is 7.31. The van der Waals surface area contributed by atoms with E-state index in [-0.39, 0.29) is 6.04 Å². The molecule has 0 radical (unpaired) electrons. The van der Waals surface area contributed by atoms with Gasteiger partial charge in [0.25, 0.3) is 0 Å². The maximum absolute atomic E-state index is 13.2. The number of nitrogens with one attached hydrogen (secondary N) is 1. The van der Waals surface area contributed by atoms with Crippen molar-refractivity contribution < 1.29 is 13.9 Å². The summed E-state index contributed by atoms with van der Waals surface area (Å²) in [6.07, 6.45) is 1.89. The van der Waals surface area contributed by atoms with Gasteiger partial charge in [-0.3, -0.25) is 0 Å². The van der Waals surface area contributed by atoms with Gasteiger partial charge >= 0.3 is 0 Å². The molecule has 0 fully saturated rings. The molecule has 23 heavy (non-hydrogen) atoms. The third-order valence-electron chi connectivity index (χ3n) is 3.54. The van der Waals surface area contributed by atoms with Crippen LogP contribution >= 0.6 is 11.3 Å². The molecule has 1 heterocycles. The Kier molecular flexibility index (Phi) is 6.21. The lowest BCUT2D eigenvalue weighted by atomic mass is 10.0. The maximum atomic E-state index is 13.2. The quantitative estimate of drug-likeness (QED) is 0.805. The molecule has 2 atom stereocenters. The minimum absolute atomic E-state index is 0.296. The topological polar surface area (TPSA) is 45.2 Å². The fourth-order valence-corrected chi connectivity index (χ4v) is 3.32. The van der Waals surface area contributed by atoms with Crippen LogP contribution in [0.3, 0.4) is 0 Å². The Hall–Kier alpha value is -1.37. The van der Waals surface area contributed by atoms with Gasteiger partial charge in [0.1, 0.15) is 0 Å². The minimum Gasteiger partial charge on any atom is -0.387 e. The van der Waals surface area contributed by atoms with E-state index < -0.39 is 17.7 Å². The zero-order valence-corrected chi connectivity index (χ0v) is 14.3. The first-order chi connectivity index (χ1) is 10.9. The van der Waals surface area contributed by atoms with Crippen molar-refractivity contribution in [3.05, 3.63) is 51.5 Å². The van der Waals surface area contributed by atoms with Crippen LogP contribution in [0.5, 0.6) is 0 Å². The van der Waals surface area contributed by atoms with Crippen molar-refractivity contribution in [3.8, 4) is 0 Å². The van der Waals surface area contributed by atoms with E-state index >= 15 is 0 Å². The number of rotatable bonds is 7. The predicted molar refractivity (Wildman–Crippen MR) is 88.3 cm³/mol. The van der Waals surface area contributed by atoms with Gasteiger partial charge in [0, 0.05) is 30.1 Å². The summed E-state index contributed by atoms with van der Waals surface area (Å²) in [4.78, 5) is 5.47.